The maximum absolute atomic E-state index is 6.38. The SMILES string of the molecule is CN(C)CCN(C)c1cc(Br)c(Nc2nccc(-c3cn(C)c4ccccc34)n2)cc1N. The molecule has 4 aromatic rings. The van der Waals surface area contributed by atoms with Crippen LogP contribution in [0, 0.1) is 0 Å². The van der Waals surface area contributed by atoms with Crippen LogP contribution in [-0.2, 0) is 7.05 Å². The molecule has 166 valence electrons. The molecule has 0 aliphatic heterocycles. The van der Waals surface area contributed by atoms with E-state index in [0.29, 0.717) is 11.6 Å². The average molecular weight is 494 g/mol. The number of hydrogen-bond acceptors (Lipinski definition) is 6. The number of aromatic nitrogens is 3. The zero-order valence-corrected chi connectivity index (χ0v) is 20.4. The summed E-state index contributed by atoms with van der Waals surface area (Å²) in [5.41, 5.74) is 12.0. The van der Waals surface area contributed by atoms with Gasteiger partial charge in [-0.2, -0.15) is 0 Å². The smallest absolute Gasteiger partial charge is 0.227 e. The number of anilines is 4. The number of halogens is 1. The molecule has 0 atom stereocenters. The maximum atomic E-state index is 6.38. The lowest BCUT2D eigenvalue weighted by Crippen LogP contribution is -2.29. The molecule has 0 spiro atoms. The lowest BCUT2D eigenvalue weighted by Gasteiger charge is -2.24. The predicted octanol–water partition coefficient (Wildman–Crippen LogP) is 4.72. The Morgan fingerprint density at radius 3 is 2.66 bits per heavy atom. The number of likely N-dealkylation sites (N-methyl/N-ethyl adjacent to an activating group) is 2. The molecule has 32 heavy (non-hydrogen) atoms. The largest absolute Gasteiger partial charge is 0.397 e. The molecule has 0 saturated heterocycles. The molecule has 7 nitrogen and oxygen atoms in total. The van der Waals surface area contributed by atoms with Crippen molar-refractivity contribution in [3.63, 3.8) is 0 Å². The number of nitrogens with one attached hydrogen (secondary N) is 1. The summed E-state index contributed by atoms with van der Waals surface area (Å²) >= 11 is 3.67. The number of nitrogens with two attached hydrogens (primary N) is 1. The molecule has 0 amide bonds. The fraction of sp³-hybridized carbons (Fsp3) is 0.250. The van der Waals surface area contributed by atoms with Crippen LogP contribution in [0.25, 0.3) is 22.2 Å². The molecule has 8 heteroatoms. The number of hydrogen-bond donors (Lipinski definition) is 2. The predicted molar refractivity (Wildman–Crippen MR) is 138 cm³/mol. The first kappa shape index (κ1) is 22.1. The first-order valence-electron chi connectivity index (χ1n) is 10.4. The molecule has 0 bridgehead atoms. The Morgan fingerprint density at radius 2 is 1.88 bits per heavy atom. The fourth-order valence-electron chi connectivity index (χ4n) is 3.71. The zero-order valence-electron chi connectivity index (χ0n) is 18.8. The molecule has 0 fully saturated rings. The van der Waals surface area contributed by atoms with E-state index in [1.54, 1.807) is 6.20 Å². The summed E-state index contributed by atoms with van der Waals surface area (Å²) in [6, 6.07) is 14.2. The fourth-order valence-corrected chi connectivity index (χ4v) is 4.14. The van der Waals surface area contributed by atoms with Crippen LogP contribution in [0.2, 0.25) is 0 Å². The van der Waals surface area contributed by atoms with Crippen molar-refractivity contribution < 1.29 is 0 Å². The van der Waals surface area contributed by atoms with E-state index in [1.807, 2.05) is 44.4 Å². The molecule has 3 N–H and O–H groups in total. The highest BCUT2D eigenvalue weighted by molar-refractivity contribution is 9.10. The van der Waals surface area contributed by atoms with E-state index in [-0.39, 0.29) is 0 Å². The minimum Gasteiger partial charge on any atom is -0.397 e. The third-order valence-corrected chi connectivity index (χ3v) is 6.14. The average Bonchev–Trinajstić information content (AvgIpc) is 3.11. The lowest BCUT2D eigenvalue weighted by atomic mass is 10.1. The van der Waals surface area contributed by atoms with Gasteiger partial charge in [0, 0.05) is 60.5 Å². The van der Waals surface area contributed by atoms with Crippen LogP contribution in [0.3, 0.4) is 0 Å². The van der Waals surface area contributed by atoms with Crippen molar-refractivity contribution in [2.75, 3.05) is 50.2 Å². The van der Waals surface area contributed by atoms with Crippen LogP contribution in [0.4, 0.5) is 23.0 Å². The van der Waals surface area contributed by atoms with Gasteiger partial charge in [-0.3, -0.25) is 0 Å². The summed E-state index contributed by atoms with van der Waals surface area (Å²) in [6.07, 6.45) is 3.87. The Kier molecular flexibility index (Phi) is 6.34. The van der Waals surface area contributed by atoms with Crippen molar-refractivity contribution in [2.45, 2.75) is 0 Å². The Balaban J connectivity index is 1.61. The van der Waals surface area contributed by atoms with E-state index in [1.165, 1.54) is 5.52 Å². The van der Waals surface area contributed by atoms with E-state index in [0.717, 1.165) is 45.6 Å². The third-order valence-electron chi connectivity index (χ3n) is 5.49. The molecule has 0 aliphatic rings. The molecule has 0 saturated carbocycles. The number of rotatable bonds is 7. The number of nitrogens with zero attached hydrogens (tertiary/aromatic N) is 5. The van der Waals surface area contributed by atoms with Crippen LogP contribution in [-0.4, -0.2) is 53.7 Å². The van der Waals surface area contributed by atoms with Crippen molar-refractivity contribution in [2.24, 2.45) is 7.05 Å². The summed E-state index contributed by atoms with van der Waals surface area (Å²) in [4.78, 5) is 13.5. The third kappa shape index (κ3) is 4.56. The molecule has 2 aromatic carbocycles. The van der Waals surface area contributed by atoms with Gasteiger partial charge in [0.25, 0.3) is 0 Å². The van der Waals surface area contributed by atoms with Crippen LogP contribution in [0.15, 0.2) is 59.3 Å². The first-order chi connectivity index (χ1) is 15.3. The molecular weight excluding hydrogens is 466 g/mol. The van der Waals surface area contributed by atoms with Crippen molar-refractivity contribution in [1.82, 2.24) is 19.4 Å². The Morgan fingerprint density at radius 1 is 1.09 bits per heavy atom. The minimum absolute atomic E-state index is 0.518. The van der Waals surface area contributed by atoms with Gasteiger partial charge in [-0.05, 0) is 54.3 Å². The second-order valence-corrected chi connectivity index (χ2v) is 9.03. The second kappa shape index (κ2) is 9.18. The highest BCUT2D eigenvalue weighted by Crippen LogP contribution is 2.35. The first-order valence-corrected chi connectivity index (χ1v) is 11.2. The Hall–Kier alpha value is -3.10. The number of para-hydroxylation sites is 1. The number of benzene rings is 2. The standard InChI is InChI=1S/C24H28BrN7/c1-30(2)11-12-31(3)23-13-18(25)21(14-19(23)26)29-24-27-10-9-20(28-24)17-15-32(4)22-8-6-5-7-16(17)22/h5-10,13-15H,11-12,26H2,1-4H3,(H,27,28,29). The van der Waals surface area contributed by atoms with Crippen molar-refractivity contribution in [1.29, 1.82) is 0 Å². The molecule has 0 aliphatic carbocycles. The molecule has 0 radical (unpaired) electrons. The number of fused-ring (bicyclic) bond motifs is 1. The molecule has 2 aromatic heterocycles. The van der Waals surface area contributed by atoms with Gasteiger partial charge in [-0.25, -0.2) is 9.97 Å². The summed E-state index contributed by atoms with van der Waals surface area (Å²) in [5, 5.41) is 4.47. The van der Waals surface area contributed by atoms with Crippen LogP contribution < -0.4 is 16.0 Å². The lowest BCUT2D eigenvalue weighted by molar-refractivity contribution is 0.416. The van der Waals surface area contributed by atoms with E-state index < -0.39 is 0 Å². The monoisotopic (exact) mass is 493 g/mol. The van der Waals surface area contributed by atoms with Crippen LogP contribution >= 0.6 is 15.9 Å². The Bertz CT molecular complexity index is 1250. The minimum atomic E-state index is 0.518. The van der Waals surface area contributed by atoms with Crippen LogP contribution in [0.5, 0.6) is 0 Å². The normalized spacial score (nSPS) is 11.3. The van der Waals surface area contributed by atoms with Crippen molar-refractivity contribution in [3.8, 4) is 11.3 Å². The van der Waals surface area contributed by atoms with Gasteiger partial charge >= 0.3 is 0 Å². The molecule has 0 unspecified atom stereocenters. The second-order valence-electron chi connectivity index (χ2n) is 8.18. The van der Waals surface area contributed by atoms with Crippen molar-refractivity contribution >= 4 is 49.8 Å². The number of aryl methyl sites for hydroxylation is 1. The van der Waals surface area contributed by atoms with Gasteiger partial charge in [-0.15, -0.1) is 0 Å². The highest BCUT2D eigenvalue weighted by atomic mass is 79.9. The van der Waals surface area contributed by atoms with E-state index in [4.69, 9.17) is 10.7 Å². The molecule has 4 rings (SSSR count). The summed E-state index contributed by atoms with van der Waals surface area (Å²) in [7, 11) is 8.22. The topological polar surface area (TPSA) is 75.2 Å². The van der Waals surface area contributed by atoms with Gasteiger partial charge in [-0.1, -0.05) is 18.2 Å². The maximum Gasteiger partial charge on any atom is 0.227 e. The highest BCUT2D eigenvalue weighted by Gasteiger charge is 2.13. The van der Waals surface area contributed by atoms with Gasteiger partial charge in [0.2, 0.25) is 5.95 Å². The summed E-state index contributed by atoms with van der Waals surface area (Å²) < 4.78 is 3.01. The Labute approximate surface area is 197 Å². The van der Waals surface area contributed by atoms with Gasteiger partial charge in [0.1, 0.15) is 0 Å². The quantitative estimate of drug-likeness (QED) is 0.362. The summed E-state index contributed by atoms with van der Waals surface area (Å²) in [6.45, 7) is 1.83. The van der Waals surface area contributed by atoms with E-state index >= 15 is 0 Å². The van der Waals surface area contributed by atoms with Crippen molar-refractivity contribution in [3.05, 3.63) is 59.3 Å². The summed E-state index contributed by atoms with van der Waals surface area (Å²) in [5.74, 6) is 0.518. The zero-order chi connectivity index (χ0) is 22.8. The number of nitrogen functional groups attached to an aromatic ring is 1. The van der Waals surface area contributed by atoms with E-state index in [2.05, 4.69) is 73.0 Å². The van der Waals surface area contributed by atoms with E-state index in [9.17, 15) is 0 Å². The van der Waals surface area contributed by atoms with Gasteiger partial charge in [0.05, 0.1) is 22.8 Å². The van der Waals surface area contributed by atoms with Gasteiger partial charge < -0.3 is 25.4 Å². The van der Waals surface area contributed by atoms with Gasteiger partial charge in [0.15, 0.2) is 0 Å². The van der Waals surface area contributed by atoms with Crippen LogP contribution in [0.1, 0.15) is 0 Å². The molecule has 2 heterocycles. The molecular formula is C24H28BrN7.